The first kappa shape index (κ1) is 26.8. The van der Waals surface area contributed by atoms with Gasteiger partial charge in [-0.25, -0.2) is 0 Å². The van der Waals surface area contributed by atoms with Crippen LogP contribution in [0.4, 0.5) is 11.4 Å². The molecule has 1 N–H and O–H groups in total. The third kappa shape index (κ3) is 7.14. The van der Waals surface area contributed by atoms with Gasteiger partial charge in [-0.15, -0.1) is 0 Å². The Morgan fingerprint density at radius 2 is 1.68 bits per heavy atom. The summed E-state index contributed by atoms with van der Waals surface area (Å²) in [5, 5.41) is 3.99. The molecule has 3 aromatic rings. The van der Waals surface area contributed by atoms with Crippen LogP contribution in [0.1, 0.15) is 35.2 Å². The van der Waals surface area contributed by atoms with Crippen molar-refractivity contribution >= 4 is 46.2 Å². The van der Waals surface area contributed by atoms with Gasteiger partial charge in [0.1, 0.15) is 11.5 Å². The normalized spacial score (nSPS) is 12.1. The van der Waals surface area contributed by atoms with Crippen LogP contribution >= 0.6 is 23.8 Å². The molecule has 0 spiro atoms. The minimum atomic E-state index is -0.212. The summed E-state index contributed by atoms with van der Waals surface area (Å²) in [5.41, 5.74) is 3.72. The average Bonchev–Trinajstić information content (AvgIpc) is 3.34. The van der Waals surface area contributed by atoms with E-state index in [0.717, 1.165) is 54.1 Å². The lowest BCUT2D eigenvalue weighted by atomic mass is 10.1. The standard InChI is InChI=1S/C29H32ClN3O3S/c1-32(2)23-13-9-21(10-14-23)28(34)31-29(37)33-18-17-25-26(33)7-6-8-27(25)36-20-5-3-4-19-35-24-15-11-22(30)12-16-24/h6-16H,3-5,17-20H2,1-2H3,(H,31,34,37). The van der Waals surface area contributed by atoms with E-state index >= 15 is 0 Å². The van der Waals surface area contributed by atoms with Gasteiger partial charge in [0.15, 0.2) is 5.11 Å². The zero-order valence-electron chi connectivity index (χ0n) is 21.2. The maximum Gasteiger partial charge on any atom is 0.257 e. The molecule has 0 aliphatic carbocycles. The van der Waals surface area contributed by atoms with E-state index in [9.17, 15) is 4.79 Å². The lowest BCUT2D eigenvalue weighted by molar-refractivity contribution is 0.0977. The van der Waals surface area contributed by atoms with Crippen LogP contribution in [0.2, 0.25) is 5.02 Å². The second kappa shape index (κ2) is 12.8. The predicted octanol–water partition coefficient (Wildman–Crippen LogP) is 6.11. The summed E-state index contributed by atoms with van der Waals surface area (Å²) in [7, 11) is 3.93. The first-order valence-corrected chi connectivity index (χ1v) is 13.2. The van der Waals surface area contributed by atoms with Crippen molar-refractivity contribution in [3.05, 3.63) is 82.9 Å². The van der Waals surface area contributed by atoms with Crippen molar-refractivity contribution in [1.82, 2.24) is 5.32 Å². The number of nitrogens with one attached hydrogen (secondary N) is 1. The molecule has 0 aromatic heterocycles. The van der Waals surface area contributed by atoms with Crippen molar-refractivity contribution in [3.63, 3.8) is 0 Å². The quantitative estimate of drug-likeness (QED) is 0.249. The molecule has 37 heavy (non-hydrogen) atoms. The Kier molecular flexibility index (Phi) is 9.25. The van der Waals surface area contributed by atoms with Gasteiger partial charge in [-0.1, -0.05) is 17.7 Å². The molecule has 0 bridgehead atoms. The van der Waals surface area contributed by atoms with Crippen LogP contribution < -0.4 is 24.6 Å². The van der Waals surface area contributed by atoms with Gasteiger partial charge in [-0.2, -0.15) is 0 Å². The molecule has 8 heteroatoms. The largest absolute Gasteiger partial charge is 0.494 e. The second-order valence-corrected chi connectivity index (χ2v) is 9.89. The number of anilines is 2. The lowest BCUT2D eigenvalue weighted by Gasteiger charge is -2.21. The smallest absolute Gasteiger partial charge is 0.257 e. The van der Waals surface area contributed by atoms with Crippen molar-refractivity contribution in [1.29, 1.82) is 0 Å². The number of halogens is 1. The van der Waals surface area contributed by atoms with Gasteiger partial charge in [0, 0.05) is 42.5 Å². The Bertz CT molecular complexity index is 1220. The van der Waals surface area contributed by atoms with Gasteiger partial charge in [-0.3, -0.25) is 10.1 Å². The SMILES string of the molecule is CN(C)c1ccc(C(=O)NC(=S)N2CCc3c(OCCCCCOc4ccc(Cl)cc4)cccc32)cc1. The number of thiocarbonyl (C=S) groups is 1. The fraction of sp³-hybridized carbons (Fsp3) is 0.310. The molecule has 1 aliphatic heterocycles. The van der Waals surface area contributed by atoms with E-state index in [4.69, 9.17) is 33.3 Å². The number of ether oxygens (including phenoxy) is 2. The van der Waals surface area contributed by atoms with Crippen LogP contribution in [0.3, 0.4) is 0 Å². The molecule has 0 fully saturated rings. The van der Waals surface area contributed by atoms with Crippen molar-refractivity contribution in [2.24, 2.45) is 0 Å². The zero-order chi connectivity index (χ0) is 26.2. The maximum atomic E-state index is 12.7. The third-order valence-electron chi connectivity index (χ3n) is 6.22. The first-order chi connectivity index (χ1) is 17.9. The number of hydrogen-bond donors (Lipinski definition) is 1. The van der Waals surface area contributed by atoms with Gasteiger partial charge in [0.25, 0.3) is 5.91 Å². The minimum Gasteiger partial charge on any atom is -0.494 e. The number of amides is 1. The molecule has 0 radical (unpaired) electrons. The molecule has 0 saturated heterocycles. The highest BCUT2D eigenvalue weighted by Gasteiger charge is 2.26. The van der Waals surface area contributed by atoms with Crippen molar-refractivity contribution in [2.45, 2.75) is 25.7 Å². The number of carbonyl (C=O) groups is 1. The van der Waals surface area contributed by atoms with E-state index in [1.807, 2.05) is 78.5 Å². The summed E-state index contributed by atoms with van der Waals surface area (Å²) in [6.45, 7) is 2.01. The van der Waals surface area contributed by atoms with Gasteiger partial charge in [-0.05, 0) is 98.6 Å². The molecule has 1 heterocycles. The van der Waals surface area contributed by atoms with Crippen molar-refractivity contribution in [2.75, 3.05) is 43.7 Å². The van der Waals surface area contributed by atoms with E-state index in [0.29, 0.717) is 35.5 Å². The van der Waals surface area contributed by atoms with Crippen molar-refractivity contribution < 1.29 is 14.3 Å². The molecule has 1 aliphatic rings. The Morgan fingerprint density at radius 1 is 0.973 bits per heavy atom. The van der Waals surface area contributed by atoms with Crippen LogP contribution in [-0.2, 0) is 6.42 Å². The molecule has 194 valence electrons. The van der Waals surface area contributed by atoms with Crippen LogP contribution in [0.15, 0.2) is 66.7 Å². The van der Waals surface area contributed by atoms with Crippen LogP contribution in [0.25, 0.3) is 0 Å². The molecule has 1 amide bonds. The van der Waals surface area contributed by atoms with E-state index in [1.54, 1.807) is 12.1 Å². The third-order valence-corrected chi connectivity index (χ3v) is 6.80. The predicted molar refractivity (Wildman–Crippen MR) is 155 cm³/mol. The molecule has 0 unspecified atom stereocenters. The molecule has 0 saturated carbocycles. The molecule has 0 atom stereocenters. The number of rotatable bonds is 10. The highest BCUT2D eigenvalue weighted by atomic mass is 35.5. The van der Waals surface area contributed by atoms with Crippen LogP contribution in [-0.4, -0.2) is 44.9 Å². The summed E-state index contributed by atoms with van der Waals surface area (Å²) < 4.78 is 11.9. The number of nitrogens with zero attached hydrogens (tertiary/aromatic N) is 2. The summed E-state index contributed by atoms with van der Waals surface area (Å²) in [6.07, 6.45) is 3.73. The molecular formula is C29H32ClN3O3S. The fourth-order valence-corrected chi connectivity index (χ4v) is 4.59. The van der Waals surface area contributed by atoms with E-state index in [1.165, 1.54) is 0 Å². The zero-order valence-corrected chi connectivity index (χ0v) is 22.8. The molecule has 4 rings (SSSR count). The molecule has 6 nitrogen and oxygen atoms in total. The van der Waals surface area contributed by atoms with Gasteiger partial charge in [0.05, 0.1) is 18.9 Å². The maximum absolute atomic E-state index is 12.7. The minimum absolute atomic E-state index is 0.212. The number of carbonyl (C=O) groups excluding carboxylic acids is 1. The summed E-state index contributed by atoms with van der Waals surface area (Å²) in [4.78, 5) is 16.7. The summed E-state index contributed by atoms with van der Waals surface area (Å²) in [5.74, 6) is 1.50. The van der Waals surface area contributed by atoms with E-state index < -0.39 is 0 Å². The highest BCUT2D eigenvalue weighted by molar-refractivity contribution is 7.80. The van der Waals surface area contributed by atoms with E-state index in [2.05, 4.69) is 5.32 Å². The van der Waals surface area contributed by atoms with Crippen LogP contribution in [0, 0.1) is 0 Å². The first-order valence-electron chi connectivity index (χ1n) is 12.5. The number of hydrogen-bond acceptors (Lipinski definition) is 5. The number of fused-ring (bicyclic) bond motifs is 1. The lowest BCUT2D eigenvalue weighted by Crippen LogP contribution is -2.41. The number of unbranched alkanes of at least 4 members (excludes halogenated alkanes) is 2. The average molecular weight is 538 g/mol. The summed E-state index contributed by atoms with van der Waals surface area (Å²) >= 11 is 11.5. The van der Waals surface area contributed by atoms with Crippen LogP contribution in [0.5, 0.6) is 11.5 Å². The van der Waals surface area contributed by atoms with Gasteiger partial charge >= 0.3 is 0 Å². The topological polar surface area (TPSA) is 54.0 Å². The van der Waals surface area contributed by atoms with Crippen molar-refractivity contribution in [3.8, 4) is 11.5 Å². The van der Waals surface area contributed by atoms with E-state index in [-0.39, 0.29) is 5.91 Å². The van der Waals surface area contributed by atoms with Gasteiger partial charge < -0.3 is 19.3 Å². The fourth-order valence-electron chi connectivity index (χ4n) is 4.18. The Balaban J connectivity index is 1.23. The second-order valence-electron chi connectivity index (χ2n) is 9.07. The monoisotopic (exact) mass is 537 g/mol. The Labute approximate surface area is 229 Å². The van der Waals surface area contributed by atoms with Gasteiger partial charge in [0.2, 0.25) is 0 Å². The highest BCUT2D eigenvalue weighted by Crippen LogP contribution is 2.35. The molecular weight excluding hydrogens is 506 g/mol. The Morgan fingerprint density at radius 3 is 2.38 bits per heavy atom. The summed E-state index contributed by atoms with van der Waals surface area (Å²) in [6, 6.07) is 20.9. The molecule has 3 aromatic carbocycles. The Hall–Kier alpha value is -3.29. The number of benzene rings is 3.